The summed E-state index contributed by atoms with van der Waals surface area (Å²) in [4.78, 5) is 10.7. The Morgan fingerprint density at radius 2 is 2.20 bits per heavy atom. The van der Waals surface area contributed by atoms with Crippen molar-refractivity contribution in [2.24, 2.45) is 5.92 Å². The lowest BCUT2D eigenvalue weighted by molar-refractivity contribution is -0.112. The molecule has 110 valence electrons. The highest BCUT2D eigenvalue weighted by Gasteiger charge is 2.30. The van der Waals surface area contributed by atoms with Gasteiger partial charge in [-0.2, -0.15) is 4.31 Å². The molecule has 1 aliphatic heterocycles. The molecule has 0 radical (unpaired) electrons. The van der Waals surface area contributed by atoms with Crippen LogP contribution in [0.25, 0.3) is 0 Å². The molecule has 1 unspecified atom stereocenters. The van der Waals surface area contributed by atoms with E-state index in [2.05, 4.69) is 0 Å². The van der Waals surface area contributed by atoms with Crippen LogP contribution < -0.4 is 4.74 Å². The second-order valence-corrected chi connectivity index (χ2v) is 6.64. The van der Waals surface area contributed by atoms with E-state index in [0.29, 0.717) is 19.4 Å². The quantitative estimate of drug-likeness (QED) is 0.789. The van der Waals surface area contributed by atoms with Gasteiger partial charge in [-0.15, -0.1) is 0 Å². The van der Waals surface area contributed by atoms with Gasteiger partial charge in [0.05, 0.1) is 12.0 Å². The Morgan fingerprint density at radius 3 is 2.80 bits per heavy atom. The van der Waals surface area contributed by atoms with Crippen molar-refractivity contribution in [1.29, 1.82) is 0 Å². The molecule has 2 rings (SSSR count). The van der Waals surface area contributed by atoms with Crippen LogP contribution in [-0.4, -0.2) is 39.2 Å². The summed E-state index contributed by atoms with van der Waals surface area (Å²) in [7, 11) is -2.46. The molecule has 0 aliphatic carbocycles. The van der Waals surface area contributed by atoms with Gasteiger partial charge in [0.2, 0.25) is 10.0 Å². The first-order valence-corrected chi connectivity index (χ1v) is 7.72. The van der Waals surface area contributed by atoms with Crippen molar-refractivity contribution in [3.8, 4) is 5.75 Å². The molecule has 0 N–H and O–H groups in total. The summed E-state index contributed by atoms with van der Waals surface area (Å²) < 4.78 is 44.4. The number of aldehydes is 1. The van der Waals surface area contributed by atoms with Crippen LogP contribution in [0, 0.1) is 11.7 Å². The lowest BCUT2D eigenvalue weighted by atomic mass is 10.0. The molecule has 1 heterocycles. The minimum absolute atomic E-state index is 0.00615. The van der Waals surface area contributed by atoms with E-state index in [1.165, 1.54) is 23.5 Å². The number of hydrogen-bond donors (Lipinski definition) is 0. The minimum atomic E-state index is -3.77. The average Bonchev–Trinajstić information content (AvgIpc) is 2.47. The normalized spacial score (nSPS) is 20.6. The highest BCUT2D eigenvalue weighted by molar-refractivity contribution is 7.89. The van der Waals surface area contributed by atoms with Crippen molar-refractivity contribution in [2.45, 2.75) is 17.7 Å². The van der Waals surface area contributed by atoms with Crippen LogP contribution in [0.4, 0.5) is 4.39 Å². The number of nitrogens with zero attached hydrogens (tertiary/aromatic N) is 1. The number of halogens is 1. The highest BCUT2D eigenvalue weighted by Crippen LogP contribution is 2.26. The molecule has 0 amide bonds. The molecule has 20 heavy (non-hydrogen) atoms. The number of carbonyl (C=O) groups excluding carboxylic acids is 1. The second-order valence-electron chi connectivity index (χ2n) is 4.70. The van der Waals surface area contributed by atoms with Crippen molar-refractivity contribution >= 4 is 16.3 Å². The molecule has 0 aromatic heterocycles. The third-order valence-electron chi connectivity index (χ3n) is 3.37. The Balaban J connectivity index is 2.30. The van der Waals surface area contributed by atoms with Crippen molar-refractivity contribution in [3.63, 3.8) is 0 Å². The Labute approximate surface area is 117 Å². The van der Waals surface area contributed by atoms with Gasteiger partial charge < -0.3 is 9.53 Å². The maximum atomic E-state index is 13.6. The van der Waals surface area contributed by atoms with Gasteiger partial charge in [0.1, 0.15) is 6.29 Å². The monoisotopic (exact) mass is 301 g/mol. The number of rotatable bonds is 4. The van der Waals surface area contributed by atoms with Crippen LogP contribution in [0.5, 0.6) is 5.75 Å². The first kappa shape index (κ1) is 14.9. The summed E-state index contributed by atoms with van der Waals surface area (Å²) in [5.41, 5.74) is 0. The first-order valence-electron chi connectivity index (χ1n) is 6.28. The number of hydrogen-bond acceptors (Lipinski definition) is 4. The van der Waals surface area contributed by atoms with E-state index in [4.69, 9.17) is 4.74 Å². The molecule has 1 aliphatic rings. The molecule has 0 bridgehead atoms. The Hall–Kier alpha value is -1.47. The number of ether oxygens (including phenoxy) is 1. The SMILES string of the molecule is COc1ccc(S(=O)(=O)N2CCCC(C=O)C2)cc1F. The zero-order valence-electron chi connectivity index (χ0n) is 11.1. The molecular formula is C13H16FNO4S. The lowest BCUT2D eigenvalue weighted by Crippen LogP contribution is -2.40. The molecular weight excluding hydrogens is 285 g/mol. The fourth-order valence-corrected chi connectivity index (χ4v) is 3.81. The molecule has 1 aromatic rings. The number of benzene rings is 1. The summed E-state index contributed by atoms with van der Waals surface area (Å²) in [6.45, 7) is 0.500. The summed E-state index contributed by atoms with van der Waals surface area (Å²) in [6, 6.07) is 3.53. The zero-order valence-corrected chi connectivity index (χ0v) is 11.9. The van der Waals surface area contributed by atoms with Gasteiger partial charge in [0.15, 0.2) is 11.6 Å². The Morgan fingerprint density at radius 1 is 1.45 bits per heavy atom. The third kappa shape index (κ3) is 2.83. The average molecular weight is 301 g/mol. The van der Waals surface area contributed by atoms with Crippen molar-refractivity contribution in [1.82, 2.24) is 4.31 Å². The third-order valence-corrected chi connectivity index (χ3v) is 5.24. The van der Waals surface area contributed by atoms with Gasteiger partial charge in [-0.1, -0.05) is 0 Å². The van der Waals surface area contributed by atoms with E-state index in [1.54, 1.807) is 0 Å². The second kappa shape index (κ2) is 5.88. The van der Waals surface area contributed by atoms with E-state index in [9.17, 15) is 17.6 Å². The number of sulfonamides is 1. The fraction of sp³-hybridized carbons (Fsp3) is 0.462. The van der Waals surface area contributed by atoms with E-state index in [1.807, 2.05) is 0 Å². The number of piperidine rings is 1. The van der Waals surface area contributed by atoms with Crippen molar-refractivity contribution in [3.05, 3.63) is 24.0 Å². The highest BCUT2D eigenvalue weighted by atomic mass is 32.2. The van der Waals surface area contributed by atoms with Gasteiger partial charge >= 0.3 is 0 Å². The molecule has 1 saturated heterocycles. The smallest absolute Gasteiger partial charge is 0.243 e. The van der Waals surface area contributed by atoms with Gasteiger partial charge in [-0.05, 0) is 31.0 Å². The summed E-state index contributed by atoms with van der Waals surface area (Å²) in [5.74, 6) is -1.02. The topological polar surface area (TPSA) is 63.7 Å². The van der Waals surface area contributed by atoms with E-state index < -0.39 is 15.8 Å². The molecule has 1 aromatic carbocycles. The molecule has 0 saturated carbocycles. The minimum Gasteiger partial charge on any atom is -0.494 e. The molecule has 7 heteroatoms. The molecule has 1 fully saturated rings. The van der Waals surface area contributed by atoms with Crippen LogP contribution in [0.2, 0.25) is 0 Å². The van der Waals surface area contributed by atoms with Crippen LogP contribution in [0.1, 0.15) is 12.8 Å². The molecule has 0 spiro atoms. The molecule has 5 nitrogen and oxygen atoms in total. The Kier molecular flexibility index (Phi) is 4.39. The largest absolute Gasteiger partial charge is 0.494 e. The van der Waals surface area contributed by atoms with E-state index in [-0.39, 0.29) is 23.1 Å². The predicted octanol–water partition coefficient (Wildman–Crippen LogP) is 1.43. The van der Waals surface area contributed by atoms with Crippen LogP contribution in [0.15, 0.2) is 23.1 Å². The van der Waals surface area contributed by atoms with Crippen molar-refractivity contribution in [2.75, 3.05) is 20.2 Å². The fourth-order valence-electron chi connectivity index (χ4n) is 2.26. The zero-order chi connectivity index (χ0) is 14.8. The maximum Gasteiger partial charge on any atom is 0.243 e. The maximum absolute atomic E-state index is 13.6. The van der Waals surface area contributed by atoms with Crippen LogP contribution >= 0.6 is 0 Å². The Bertz CT molecular complexity index is 602. The summed E-state index contributed by atoms with van der Waals surface area (Å²) in [5, 5.41) is 0. The van der Waals surface area contributed by atoms with Gasteiger partial charge in [0, 0.05) is 19.0 Å². The number of methoxy groups -OCH3 is 1. The van der Waals surface area contributed by atoms with Gasteiger partial charge in [0.25, 0.3) is 0 Å². The van der Waals surface area contributed by atoms with Gasteiger partial charge in [-0.3, -0.25) is 0 Å². The molecule has 1 atom stereocenters. The van der Waals surface area contributed by atoms with E-state index in [0.717, 1.165) is 12.4 Å². The van der Waals surface area contributed by atoms with E-state index >= 15 is 0 Å². The summed E-state index contributed by atoms with van der Waals surface area (Å²) in [6.07, 6.45) is 2.09. The van der Waals surface area contributed by atoms with Crippen LogP contribution in [0.3, 0.4) is 0 Å². The van der Waals surface area contributed by atoms with Gasteiger partial charge in [-0.25, -0.2) is 12.8 Å². The first-order chi connectivity index (χ1) is 9.48. The van der Waals surface area contributed by atoms with Crippen LogP contribution in [-0.2, 0) is 14.8 Å². The lowest BCUT2D eigenvalue weighted by Gasteiger charge is -2.29. The predicted molar refractivity (Wildman–Crippen MR) is 70.5 cm³/mol. The van der Waals surface area contributed by atoms with Crippen molar-refractivity contribution < 1.29 is 22.3 Å². The number of carbonyl (C=O) groups is 1. The standard InChI is InChI=1S/C13H16FNO4S/c1-19-13-5-4-11(7-12(13)14)20(17,18)15-6-2-3-10(8-15)9-16/h4-5,7,9-10H,2-3,6,8H2,1H3. The summed E-state index contributed by atoms with van der Waals surface area (Å²) >= 11 is 0.